The van der Waals surface area contributed by atoms with Gasteiger partial charge in [-0.3, -0.25) is 0 Å². The molecule has 118 valence electrons. The van der Waals surface area contributed by atoms with Crippen molar-refractivity contribution in [2.75, 3.05) is 6.61 Å². The van der Waals surface area contributed by atoms with Crippen molar-refractivity contribution >= 4 is 24.7 Å². The number of allylic oxidation sites excluding steroid dienone is 1. The number of ether oxygens (including phenoxy) is 1. The van der Waals surface area contributed by atoms with Gasteiger partial charge in [-0.2, -0.15) is 0 Å². The van der Waals surface area contributed by atoms with E-state index in [1.54, 1.807) is 20.8 Å². The van der Waals surface area contributed by atoms with Gasteiger partial charge in [0.15, 0.2) is 5.88 Å². The molecule has 0 aromatic rings. The molecule has 0 saturated carbocycles. The van der Waals surface area contributed by atoms with Crippen LogP contribution in [-0.4, -0.2) is 40.0 Å². The molecule has 1 fully saturated rings. The predicted octanol–water partition coefficient (Wildman–Crippen LogP) is 3.65. The fourth-order valence-electron chi connectivity index (χ4n) is 1.33. The topological polar surface area (TPSA) is 70.0 Å². The molecule has 0 aromatic carbocycles. The van der Waals surface area contributed by atoms with Gasteiger partial charge in [0.1, 0.15) is 6.61 Å². The Morgan fingerprint density at radius 2 is 1.85 bits per heavy atom. The maximum atomic E-state index is 11.2. The van der Waals surface area contributed by atoms with Crippen LogP contribution in [-0.2, 0) is 21.8 Å². The summed E-state index contributed by atoms with van der Waals surface area (Å²) in [5.41, 5.74) is 0. The number of rotatable bonds is 2. The van der Waals surface area contributed by atoms with Gasteiger partial charge in [0, 0.05) is 6.10 Å². The van der Waals surface area contributed by atoms with Crippen LogP contribution < -0.4 is 0 Å². The first-order valence-electron chi connectivity index (χ1n) is 6.18. The van der Waals surface area contributed by atoms with Crippen LogP contribution in [0.1, 0.15) is 34.6 Å². The number of aliphatic hydroxyl groups excluding tert-OH is 2. The Morgan fingerprint density at radius 3 is 2.15 bits per heavy atom. The summed E-state index contributed by atoms with van der Waals surface area (Å²) in [5.74, 6) is 0.245. The molecule has 0 radical (unpaired) electrons. The van der Waals surface area contributed by atoms with E-state index in [4.69, 9.17) is 28.5 Å². The number of aliphatic hydroxyl groups is 2. The van der Waals surface area contributed by atoms with Gasteiger partial charge in [-0.05, 0) is 32.8 Å². The van der Waals surface area contributed by atoms with Gasteiger partial charge in [-0.15, -0.1) is 0 Å². The molecule has 1 saturated heterocycles. The van der Waals surface area contributed by atoms with E-state index in [9.17, 15) is 9.90 Å². The molecule has 1 atom stereocenters. The fourth-order valence-corrected chi connectivity index (χ4v) is 1.33. The Labute approximate surface area is 137 Å². The quantitative estimate of drug-likeness (QED) is 0.580. The zero-order chi connectivity index (χ0) is 16.3. The Bertz CT molecular complexity index is 298. The van der Waals surface area contributed by atoms with Crippen LogP contribution in [0.3, 0.4) is 0 Å². The van der Waals surface area contributed by atoms with E-state index in [0.717, 1.165) is 0 Å². The van der Waals surface area contributed by atoms with Crippen LogP contribution in [0.4, 0.5) is 4.79 Å². The van der Waals surface area contributed by atoms with Crippen molar-refractivity contribution in [3.05, 3.63) is 12.0 Å². The zero-order valence-electron chi connectivity index (χ0n) is 12.4. The van der Waals surface area contributed by atoms with E-state index in [2.05, 4.69) is 0 Å². The number of hydrogen-bond acceptors (Lipinski definition) is 4. The van der Waals surface area contributed by atoms with Crippen molar-refractivity contribution in [1.82, 2.24) is 4.90 Å². The Balaban J connectivity index is 0. The van der Waals surface area contributed by atoms with E-state index in [-0.39, 0.29) is 23.9 Å². The normalized spacial score (nSPS) is 18.1. The maximum absolute atomic E-state index is 11.2. The minimum absolute atomic E-state index is 0.0267. The second-order valence-corrected chi connectivity index (χ2v) is 7.15. The zero-order valence-corrected chi connectivity index (χ0v) is 15.5. The molecule has 1 aliphatic heterocycles. The molecule has 0 spiro atoms. The van der Waals surface area contributed by atoms with Crippen molar-refractivity contribution in [2.45, 2.75) is 46.8 Å². The number of carbonyl (C=O) groups excluding carboxylic acids is 1. The average molecular weight is 364 g/mol. The standard InChI is InChI=1S/C9H15NO3.C3H8O.2ClH.Ti/c1-4-8(11)10-7(6(2)3)5-13-9(10)12;1-3(2)4;;;/h4,6-7,11H,5H2,1-3H3;3-4H,1-2H3;2*1H;/q;;;;+2/p-2/b8-4-;;;;/t7-;;;;/m1..../s1. The molecule has 0 unspecified atom stereocenters. The third kappa shape index (κ3) is 9.89. The number of cyclic esters (lactones) is 1. The fraction of sp³-hybridized carbons (Fsp3) is 0.750. The number of halogens is 2. The molecule has 20 heavy (non-hydrogen) atoms. The molecular weight excluding hydrogens is 341 g/mol. The summed E-state index contributed by atoms with van der Waals surface area (Å²) < 4.78 is 4.85. The van der Waals surface area contributed by atoms with E-state index < -0.39 is 23.1 Å². The minimum atomic E-state index is -0.556. The van der Waals surface area contributed by atoms with Gasteiger partial charge >= 0.3 is 41.7 Å². The second-order valence-electron chi connectivity index (χ2n) is 4.57. The molecular formula is C12H23Cl2NO4Ti. The molecule has 1 amide bonds. The monoisotopic (exact) mass is 363 g/mol. The number of carbonyl (C=O) groups is 1. The number of amides is 1. The van der Waals surface area contributed by atoms with Gasteiger partial charge in [-0.1, -0.05) is 13.8 Å². The van der Waals surface area contributed by atoms with Crippen molar-refractivity contribution in [3.8, 4) is 0 Å². The molecule has 0 aliphatic carbocycles. The van der Waals surface area contributed by atoms with E-state index >= 15 is 0 Å². The van der Waals surface area contributed by atoms with Crippen LogP contribution in [0, 0.1) is 5.92 Å². The van der Waals surface area contributed by atoms with E-state index in [1.165, 1.54) is 11.0 Å². The first-order valence-corrected chi connectivity index (χ1v) is 10.5. The Kier molecular flexibility index (Phi) is 14.3. The van der Waals surface area contributed by atoms with E-state index in [0.29, 0.717) is 6.61 Å². The summed E-state index contributed by atoms with van der Waals surface area (Å²) in [5, 5.41) is 17.5. The van der Waals surface area contributed by atoms with Crippen molar-refractivity contribution in [3.63, 3.8) is 0 Å². The van der Waals surface area contributed by atoms with Crippen LogP contribution in [0.5, 0.6) is 0 Å². The molecule has 0 bridgehead atoms. The average Bonchev–Trinajstić information content (AvgIpc) is 2.70. The van der Waals surface area contributed by atoms with Gasteiger partial charge in [0.2, 0.25) is 0 Å². The predicted molar refractivity (Wildman–Crippen MR) is 77.3 cm³/mol. The summed E-state index contributed by atoms with van der Waals surface area (Å²) in [4.78, 5) is 12.5. The Morgan fingerprint density at radius 1 is 1.45 bits per heavy atom. The first-order chi connectivity index (χ1) is 9.22. The Hall–Kier alpha value is 0.0643. The van der Waals surface area contributed by atoms with Crippen molar-refractivity contribution in [1.29, 1.82) is 0 Å². The number of nitrogens with zero attached hydrogens (tertiary/aromatic N) is 1. The molecule has 1 rings (SSSR count). The third-order valence-electron chi connectivity index (χ3n) is 2.18. The summed E-state index contributed by atoms with van der Waals surface area (Å²) in [7, 11) is 9.78. The van der Waals surface area contributed by atoms with Gasteiger partial charge < -0.3 is 14.9 Å². The first kappa shape index (κ1) is 22.3. The summed E-state index contributed by atoms with van der Waals surface area (Å²) in [6, 6.07) is -0.0521. The van der Waals surface area contributed by atoms with Crippen LogP contribution in [0.25, 0.3) is 0 Å². The third-order valence-corrected chi connectivity index (χ3v) is 2.18. The molecule has 1 aliphatic rings. The van der Waals surface area contributed by atoms with E-state index in [1.807, 2.05) is 13.8 Å². The van der Waals surface area contributed by atoms with Gasteiger partial charge in [0.25, 0.3) is 0 Å². The summed E-state index contributed by atoms with van der Waals surface area (Å²) in [6.45, 7) is 9.46. The summed E-state index contributed by atoms with van der Waals surface area (Å²) >= 11 is -0.556. The van der Waals surface area contributed by atoms with Crippen molar-refractivity contribution < 1.29 is 36.8 Å². The second kappa shape index (κ2) is 12.8. The summed E-state index contributed by atoms with van der Waals surface area (Å²) in [6.07, 6.45) is 0.858. The van der Waals surface area contributed by atoms with Gasteiger partial charge in [0.05, 0.1) is 6.04 Å². The van der Waals surface area contributed by atoms with Crippen LogP contribution in [0.15, 0.2) is 12.0 Å². The van der Waals surface area contributed by atoms with Crippen LogP contribution >= 0.6 is 18.6 Å². The molecule has 1 heterocycles. The molecule has 5 nitrogen and oxygen atoms in total. The molecule has 8 heteroatoms. The number of hydrogen-bond donors (Lipinski definition) is 2. The van der Waals surface area contributed by atoms with Crippen LogP contribution in [0.2, 0.25) is 0 Å². The SMILES string of the molecule is C/C=C(\O)N1C(=O)OC[C@@H]1C(C)C.CC(C)O.[Cl][Ti][Cl]. The van der Waals surface area contributed by atoms with Gasteiger partial charge in [-0.25, -0.2) is 9.69 Å². The van der Waals surface area contributed by atoms with Crippen molar-refractivity contribution in [2.24, 2.45) is 5.92 Å². The molecule has 2 N–H and O–H groups in total. The molecule has 0 aromatic heterocycles.